The van der Waals surface area contributed by atoms with Crippen molar-refractivity contribution < 1.29 is 9.59 Å². The van der Waals surface area contributed by atoms with Gasteiger partial charge in [0.25, 0.3) is 0 Å². The molecule has 0 N–H and O–H groups in total. The standard InChI is InChI=1S/C17H23N3O2/c1-19-11-4-8-17(16(19)22)9-12-20(13-17)15(21)7-6-14-5-2-3-10-18-14/h2-3,5,10H,4,6-9,11-13H2,1H3/t17-/m1/s1. The molecule has 5 heteroatoms. The summed E-state index contributed by atoms with van der Waals surface area (Å²) in [5.41, 5.74) is 0.631. The van der Waals surface area contributed by atoms with Crippen molar-refractivity contribution in [2.24, 2.45) is 5.41 Å². The van der Waals surface area contributed by atoms with Gasteiger partial charge in [0, 0.05) is 45.0 Å². The summed E-state index contributed by atoms with van der Waals surface area (Å²) in [7, 11) is 1.87. The molecule has 0 radical (unpaired) electrons. The first kappa shape index (κ1) is 15.0. The zero-order valence-corrected chi connectivity index (χ0v) is 13.1. The Bertz CT molecular complexity index is 560. The fourth-order valence-electron chi connectivity index (χ4n) is 3.67. The number of pyridine rings is 1. The Labute approximate surface area is 131 Å². The number of aromatic nitrogens is 1. The summed E-state index contributed by atoms with van der Waals surface area (Å²) < 4.78 is 0. The number of amides is 2. The van der Waals surface area contributed by atoms with Crippen molar-refractivity contribution in [3.05, 3.63) is 30.1 Å². The fourth-order valence-corrected chi connectivity index (χ4v) is 3.67. The molecule has 3 rings (SSSR count). The normalized spacial score (nSPS) is 25.0. The van der Waals surface area contributed by atoms with E-state index in [0.717, 1.165) is 31.5 Å². The highest BCUT2D eigenvalue weighted by Crippen LogP contribution is 2.39. The maximum atomic E-state index is 12.5. The van der Waals surface area contributed by atoms with Gasteiger partial charge in [-0.2, -0.15) is 0 Å². The molecule has 0 aliphatic carbocycles. The second kappa shape index (κ2) is 6.07. The lowest BCUT2D eigenvalue weighted by atomic mass is 9.78. The van der Waals surface area contributed by atoms with Gasteiger partial charge < -0.3 is 9.80 Å². The van der Waals surface area contributed by atoms with Gasteiger partial charge in [-0.05, 0) is 37.8 Å². The van der Waals surface area contributed by atoms with Crippen LogP contribution in [0.25, 0.3) is 0 Å². The van der Waals surface area contributed by atoms with Gasteiger partial charge in [0.1, 0.15) is 0 Å². The molecular formula is C17H23N3O2. The predicted molar refractivity (Wildman–Crippen MR) is 83.1 cm³/mol. The number of nitrogens with zero attached hydrogens (tertiary/aromatic N) is 3. The third-order valence-corrected chi connectivity index (χ3v) is 4.98. The van der Waals surface area contributed by atoms with Crippen LogP contribution in [-0.4, -0.2) is 53.3 Å². The Morgan fingerprint density at radius 3 is 2.95 bits per heavy atom. The van der Waals surface area contributed by atoms with E-state index in [2.05, 4.69) is 4.98 Å². The first-order valence-corrected chi connectivity index (χ1v) is 8.04. The summed E-state index contributed by atoms with van der Waals surface area (Å²) in [4.78, 5) is 32.8. The maximum Gasteiger partial charge on any atom is 0.230 e. The third kappa shape index (κ3) is 2.85. The lowest BCUT2D eigenvalue weighted by Crippen LogP contribution is -2.48. The van der Waals surface area contributed by atoms with Crippen molar-refractivity contribution >= 4 is 11.8 Å². The van der Waals surface area contributed by atoms with Crippen LogP contribution in [0.2, 0.25) is 0 Å². The van der Waals surface area contributed by atoms with Gasteiger partial charge in [-0.1, -0.05) is 6.07 Å². The molecular weight excluding hydrogens is 278 g/mol. The topological polar surface area (TPSA) is 53.5 Å². The number of piperidine rings is 1. The second-order valence-electron chi connectivity index (χ2n) is 6.50. The van der Waals surface area contributed by atoms with Crippen LogP contribution in [0.1, 0.15) is 31.4 Å². The van der Waals surface area contributed by atoms with E-state index in [9.17, 15) is 9.59 Å². The molecule has 2 amide bonds. The Hall–Kier alpha value is -1.91. The Morgan fingerprint density at radius 2 is 2.18 bits per heavy atom. The lowest BCUT2D eigenvalue weighted by molar-refractivity contribution is -0.144. The molecule has 5 nitrogen and oxygen atoms in total. The molecule has 2 saturated heterocycles. The van der Waals surface area contributed by atoms with Crippen LogP contribution in [0.15, 0.2) is 24.4 Å². The van der Waals surface area contributed by atoms with Crippen LogP contribution in [-0.2, 0) is 16.0 Å². The SMILES string of the molecule is CN1CCC[C@]2(CCN(C(=O)CCc3ccccn3)C2)C1=O. The lowest BCUT2D eigenvalue weighted by Gasteiger charge is -2.37. The van der Waals surface area contributed by atoms with E-state index in [-0.39, 0.29) is 17.2 Å². The molecule has 1 aromatic rings. The number of likely N-dealkylation sites (tertiary alicyclic amines) is 2. The van der Waals surface area contributed by atoms with Crippen LogP contribution in [0, 0.1) is 5.41 Å². The van der Waals surface area contributed by atoms with Crippen molar-refractivity contribution in [3.63, 3.8) is 0 Å². The van der Waals surface area contributed by atoms with E-state index in [0.29, 0.717) is 25.9 Å². The molecule has 1 aromatic heterocycles. The zero-order valence-electron chi connectivity index (χ0n) is 13.1. The smallest absolute Gasteiger partial charge is 0.230 e. The van der Waals surface area contributed by atoms with Crippen molar-refractivity contribution in [3.8, 4) is 0 Å². The van der Waals surface area contributed by atoms with Crippen molar-refractivity contribution in [1.29, 1.82) is 0 Å². The van der Waals surface area contributed by atoms with E-state index in [1.807, 2.05) is 35.0 Å². The largest absolute Gasteiger partial charge is 0.345 e. The molecule has 118 valence electrons. The van der Waals surface area contributed by atoms with Gasteiger partial charge in [0.2, 0.25) is 11.8 Å². The summed E-state index contributed by atoms with van der Waals surface area (Å²) >= 11 is 0. The second-order valence-corrected chi connectivity index (χ2v) is 6.50. The molecule has 0 aromatic carbocycles. The average Bonchev–Trinajstić information content (AvgIpc) is 2.97. The Kier molecular flexibility index (Phi) is 4.14. The minimum absolute atomic E-state index is 0.142. The average molecular weight is 301 g/mol. The highest BCUT2D eigenvalue weighted by Gasteiger charge is 2.48. The summed E-state index contributed by atoms with van der Waals surface area (Å²) in [6, 6.07) is 5.76. The molecule has 3 heterocycles. The monoisotopic (exact) mass is 301 g/mol. The van der Waals surface area contributed by atoms with Gasteiger partial charge in [0.15, 0.2) is 0 Å². The van der Waals surface area contributed by atoms with Gasteiger partial charge in [-0.3, -0.25) is 14.6 Å². The van der Waals surface area contributed by atoms with Gasteiger partial charge in [0.05, 0.1) is 5.41 Å². The summed E-state index contributed by atoms with van der Waals surface area (Å²) in [6.45, 7) is 2.14. The molecule has 2 aliphatic heterocycles. The zero-order chi connectivity index (χ0) is 15.6. The number of hydrogen-bond donors (Lipinski definition) is 0. The molecule has 0 saturated carbocycles. The number of rotatable bonds is 3. The third-order valence-electron chi connectivity index (χ3n) is 4.98. The molecule has 22 heavy (non-hydrogen) atoms. The van der Waals surface area contributed by atoms with Crippen molar-refractivity contribution in [1.82, 2.24) is 14.8 Å². The molecule has 2 fully saturated rings. The van der Waals surface area contributed by atoms with Gasteiger partial charge in [-0.15, -0.1) is 0 Å². The van der Waals surface area contributed by atoms with Gasteiger partial charge >= 0.3 is 0 Å². The van der Waals surface area contributed by atoms with E-state index < -0.39 is 0 Å². The molecule has 1 spiro atoms. The number of hydrogen-bond acceptors (Lipinski definition) is 3. The van der Waals surface area contributed by atoms with Crippen LogP contribution in [0.4, 0.5) is 0 Å². The highest BCUT2D eigenvalue weighted by molar-refractivity contribution is 5.86. The minimum Gasteiger partial charge on any atom is -0.345 e. The molecule has 2 aliphatic rings. The first-order chi connectivity index (χ1) is 10.6. The Balaban J connectivity index is 1.58. The van der Waals surface area contributed by atoms with E-state index in [1.165, 1.54) is 0 Å². The summed E-state index contributed by atoms with van der Waals surface area (Å²) in [5.74, 6) is 0.363. The van der Waals surface area contributed by atoms with Crippen molar-refractivity contribution in [2.45, 2.75) is 32.1 Å². The highest BCUT2D eigenvalue weighted by atomic mass is 16.2. The minimum atomic E-state index is -0.312. The van der Waals surface area contributed by atoms with Crippen LogP contribution >= 0.6 is 0 Å². The van der Waals surface area contributed by atoms with E-state index >= 15 is 0 Å². The van der Waals surface area contributed by atoms with Crippen LogP contribution in [0.5, 0.6) is 0 Å². The fraction of sp³-hybridized carbons (Fsp3) is 0.588. The predicted octanol–water partition coefficient (Wildman–Crippen LogP) is 1.49. The number of carbonyl (C=O) groups is 2. The van der Waals surface area contributed by atoms with Gasteiger partial charge in [-0.25, -0.2) is 0 Å². The molecule has 0 unspecified atom stereocenters. The maximum absolute atomic E-state index is 12.5. The van der Waals surface area contributed by atoms with Crippen molar-refractivity contribution in [2.75, 3.05) is 26.7 Å². The van der Waals surface area contributed by atoms with E-state index in [1.54, 1.807) is 6.20 Å². The van der Waals surface area contributed by atoms with Crippen LogP contribution < -0.4 is 0 Å². The molecule has 1 atom stereocenters. The Morgan fingerprint density at radius 1 is 1.32 bits per heavy atom. The summed E-state index contributed by atoms with van der Waals surface area (Å²) in [5, 5.41) is 0. The molecule has 0 bridgehead atoms. The van der Waals surface area contributed by atoms with Crippen LogP contribution in [0.3, 0.4) is 0 Å². The quantitative estimate of drug-likeness (QED) is 0.850. The van der Waals surface area contributed by atoms with E-state index in [4.69, 9.17) is 0 Å². The first-order valence-electron chi connectivity index (χ1n) is 8.04. The number of carbonyl (C=O) groups excluding carboxylic acids is 2. The number of aryl methyl sites for hydroxylation is 1. The summed E-state index contributed by atoms with van der Waals surface area (Å²) in [6.07, 6.45) is 5.65.